The van der Waals surface area contributed by atoms with Crippen molar-refractivity contribution in [3.05, 3.63) is 24.3 Å². The van der Waals surface area contributed by atoms with Crippen LogP contribution in [0.5, 0.6) is 0 Å². The Morgan fingerprint density at radius 3 is 1.74 bits per heavy atom. The number of unbranched alkanes of at least 4 members (excludes halogenated alkanes) is 8. The standard InChI is InChI=1S/C21H40O2/c1-4-7-8-9-10-11-12-13-14-15-16-17-18-19-20-21(22-5-2)23-6-3/h10-13,21H,4-9,14-20H2,1-3H3. The van der Waals surface area contributed by atoms with Crippen molar-refractivity contribution >= 4 is 0 Å². The monoisotopic (exact) mass is 324 g/mol. The lowest BCUT2D eigenvalue weighted by molar-refractivity contribution is -0.140. The van der Waals surface area contributed by atoms with Gasteiger partial charge in [0.05, 0.1) is 0 Å². The number of hydrogen-bond acceptors (Lipinski definition) is 2. The molecule has 0 aromatic carbocycles. The second-order valence-electron chi connectivity index (χ2n) is 6.04. The average molecular weight is 325 g/mol. The van der Waals surface area contributed by atoms with Crippen LogP contribution in [0.2, 0.25) is 0 Å². The Morgan fingerprint density at radius 2 is 1.17 bits per heavy atom. The van der Waals surface area contributed by atoms with E-state index in [1.165, 1.54) is 64.2 Å². The van der Waals surface area contributed by atoms with Gasteiger partial charge in [-0.25, -0.2) is 0 Å². The smallest absolute Gasteiger partial charge is 0.157 e. The van der Waals surface area contributed by atoms with Gasteiger partial charge in [-0.05, 0) is 52.4 Å². The van der Waals surface area contributed by atoms with Gasteiger partial charge in [-0.3, -0.25) is 0 Å². The van der Waals surface area contributed by atoms with E-state index >= 15 is 0 Å². The molecule has 0 saturated carbocycles. The van der Waals surface area contributed by atoms with Crippen LogP contribution in [-0.2, 0) is 9.47 Å². The van der Waals surface area contributed by atoms with Crippen molar-refractivity contribution in [3.8, 4) is 0 Å². The normalized spacial score (nSPS) is 12.2. The van der Waals surface area contributed by atoms with Gasteiger partial charge >= 0.3 is 0 Å². The number of allylic oxidation sites excluding steroid dienone is 4. The third-order valence-corrected chi connectivity index (χ3v) is 3.87. The molecule has 0 spiro atoms. The van der Waals surface area contributed by atoms with Crippen LogP contribution in [0.15, 0.2) is 24.3 Å². The van der Waals surface area contributed by atoms with Crippen LogP contribution >= 0.6 is 0 Å². The maximum atomic E-state index is 5.56. The summed E-state index contributed by atoms with van der Waals surface area (Å²) in [5.41, 5.74) is 0. The maximum absolute atomic E-state index is 5.56. The SMILES string of the molecule is CCCCCC=CC=CCCCCCCCC(OCC)OCC. The van der Waals surface area contributed by atoms with E-state index in [2.05, 4.69) is 31.2 Å². The first-order valence-corrected chi connectivity index (χ1v) is 9.89. The molecule has 0 heterocycles. The molecule has 136 valence electrons. The molecule has 0 saturated heterocycles. The second-order valence-corrected chi connectivity index (χ2v) is 6.04. The van der Waals surface area contributed by atoms with Gasteiger partial charge in [-0.15, -0.1) is 0 Å². The molecule has 0 aliphatic carbocycles. The van der Waals surface area contributed by atoms with Crippen LogP contribution in [0.3, 0.4) is 0 Å². The van der Waals surface area contributed by atoms with E-state index in [1.54, 1.807) is 0 Å². The highest BCUT2D eigenvalue weighted by Gasteiger charge is 2.06. The highest BCUT2D eigenvalue weighted by molar-refractivity contribution is 5.02. The third kappa shape index (κ3) is 17.6. The van der Waals surface area contributed by atoms with Crippen LogP contribution in [0.1, 0.15) is 91.4 Å². The summed E-state index contributed by atoms with van der Waals surface area (Å²) in [4.78, 5) is 0. The highest BCUT2D eigenvalue weighted by Crippen LogP contribution is 2.11. The van der Waals surface area contributed by atoms with E-state index in [1.807, 2.05) is 13.8 Å². The van der Waals surface area contributed by atoms with Crippen LogP contribution < -0.4 is 0 Å². The molecule has 0 aromatic heterocycles. The summed E-state index contributed by atoms with van der Waals surface area (Å²) < 4.78 is 11.1. The van der Waals surface area contributed by atoms with Crippen LogP contribution in [0.25, 0.3) is 0 Å². The second kappa shape index (κ2) is 19.4. The van der Waals surface area contributed by atoms with E-state index in [0.717, 1.165) is 19.6 Å². The number of rotatable bonds is 17. The Hall–Kier alpha value is -0.600. The zero-order valence-corrected chi connectivity index (χ0v) is 15.9. The van der Waals surface area contributed by atoms with E-state index < -0.39 is 0 Å². The van der Waals surface area contributed by atoms with E-state index in [9.17, 15) is 0 Å². The lowest BCUT2D eigenvalue weighted by atomic mass is 10.1. The van der Waals surface area contributed by atoms with Crippen molar-refractivity contribution in [2.24, 2.45) is 0 Å². The van der Waals surface area contributed by atoms with Gasteiger partial charge in [0.2, 0.25) is 0 Å². The van der Waals surface area contributed by atoms with Gasteiger partial charge in [0.15, 0.2) is 6.29 Å². The van der Waals surface area contributed by atoms with Crippen molar-refractivity contribution in [3.63, 3.8) is 0 Å². The minimum Gasteiger partial charge on any atom is -0.353 e. The Morgan fingerprint density at radius 1 is 0.652 bits per heavy atom. The first kappa shape index (κ1) is 22.4. The molecule has 0 fully saturated rings. The molecule has 0 amide bonds. The van der Waals surface area contributed by atoms with E-state index in [0.29, 0.717) is 0 Å². The Labute approximate surface area is 145 Å². The fourth-order valence-electron chi connectivity index (χ4n) is 2.55. The molecule has 0 rings (SSSR count). The summed E-state index contributed by atoms with van der Waals surface area (Å²) >= 11 is 0. The average Bonchev–Trinajstić information content (AvgIpc) is 2.55. The molecular weight excluding hydrogens is 284 g/mol. The Bertz CT molecular complexity index is 265. The van der Waals surface area contributed by atoms with Crippen molar-refractivity contribution in [2.45, 2.75) is 97.7 Å². The van der Waals surface area contributed by atoms with Crippen LogP contribution in [0, 0.1) is 0 Å². The summed E-state index contributed by atoms with van der Waals surface area (Å²) in [7, 11) is 0. The lowest BCUT2D eigenvalue weighted by Crippen LogP contribution is -2.17. The lowest BCUT2D eigenvalue weighted by Gasteiger charge is -2.16. The van der Waals surface area contributed by atoms with Crippen molar-refractivity contribution in [2.75, 3.05) is 13.2 Å². The van der Waals surface area contributed by atoms with Gasteiger partial charge in [-0.2, -0.15) is 0 Å². The Kier molecular flexibility index (Phi) is 18.9. The van der Waals surface area contributed by atoms with Crippen LogP contribution in [0.4, 0.5) is 0 Å². The molecule has 0 N–H and O–H groups in total. The zero-order chi connectivity index (χ0) is 17.0. The molecule has 0 radical (unpaired) electrons. The maximum Gasteiger partial charge on any atom is 0.157 e. The number of hydrogen-bond donors (Lipinski definition) is 0. The molecule has 0 aliphatic rings. The molecule has 0 aromatic rings. The zero-order valence-electron chi connectivity index (χ0n) is 15.9. The molecule has 0 bridgehead atoms. The molecule has 2 nitrogen and oxygen atoms in total. The molecule has 23 heavy (non-hydrogen) atoms. The van der Waals surface area contributed by atoms with Crippen molar-refractivity contribution < 1.29 is 9.47 Å². The van der Waals surface area contributed by atoms with Crippen molar-refractivity contribution in [1.29, 1.82) is 0 Å². The molecule has 0 aliphatic heterocycles. The fourth-order valence-corrected chi connectivity index (χ4v) is 2.55. The van der Waals surface area contributed by atoms with E-state index in [4.69, 9.17) is 9.47 Å². The van der Waals surface area contributed by atoms with Gasteiger partial charge in [0, 0.05) is 13.2 Å². The summed E-state index contributed by atoms with van der Waals surface area (Å²) in [6.07, 6.45) is 22.9. The Balaban J connectivity index is 3.35. The van der Waals surface area contributed by atoms with Gasteiger partial charge in [0.1, 0.15) is 0 Å². The van der Waals surface area contributed by atoms with Gasteiger partial charge in [-0.1, -0.05) is 63.3 Å². The van der Waals surface area contributed by atoms with Gasteiger partial charge < -0.3 is 9.47 Å². The summed E-state index contributed by atoms with van der Waals surface area (Å²) in [5.74, 6) is 0. The van der Waals surface area contributed by atoms with E-state index in [-0.39, 0.29) is 6.29 Å². The largest absolute Gasteiger partial charge is 0.353 e. The van der Waals surface area contributed by atoms with Gasteiger partial charge in [0.25, 0.3) is 0 Å². The minimum absolute atomic E-state index is 0.0112. The molecule has 0 unspecified atom stereocenters. The predicted molar refractivity (Wildman–Crippen MR) is 102 cm³/mol. The quantitative estimate of drug-likeness (QED) is 0.166. The minimum atomic E-state index is 0.0112. The van der Waals surface area contributed by atoms with Crippen molar-refractivity contribution in [1.82, 2.24) is 0 Å². The molecule has 0 atom stereocenters. The molecule has 2 heteroatoms. The first-order valence-electron chi connectivity index (χ1n) is 9.89. The summed E-state index contributed by atoms with van der Waals surface area (Å²) in [6.45, 7) is 7.79. The first-order chi connectivity index (χ1) is 11.3. The summed E-state index contributed by atoms with van der Waals surface area (Å²) in [5, 5.41) is 0. The topological polar surface area (TPSA) is 18.5 Å². The molecular formula is C21H40O2. The number of ether oxygens (including phenoxy) is 2. The highest BCUT2D eigenvalue weighted by atomic mass is 16.7. The predicted octanol–water partition coefficient (Wildman–Crippen LogP) is 6.81. The fraction of sp³-hybridized carbons (Fsp3) is 0.810. The summed E-state index contributed by atoms with van der Waals surface area (Å²) in [6, 6.07) is 0. The van der Waals surface area contributed by atoms with Crippen LogP contribution in [-0.4, -0.2) is 19.5 Å². The third-order valence-electron chi connectivity index (χ3n) is 3.87.